The summed E-state index contributed by atoms with van der Waals surface area (Å²) >= 11 is 0. The molecule has 4 nitrogen and oxygen atoms in total. The molecule has 1 aromatic rings. The number of nitrogens with one attached hydrogen (secondary N) is 2. The van der Waals surface area contributed by atoms with E-state index < -0.39 is 0 Å². The highest BCUT2D eigenvalue weighted by Gasteiger charge is 2.00. The fraction of sp³-hybridized carbons (Fsp3) is 0.588. The molecule has 1 rings (SSSR count). The molecule has 1 aromatic carbocycles. The molecule has 0 aliphatic rings. The molecule has 0 radical (unpaired) electrons. The van der Waals surface area contributed by atoms with Gasteiger partial charge >= 0.3 is 0 Å². The van der Waals surface area contributed by atoms with Gasteiger partial charge in [0.15, 0.2) is 5.96 Å². The van der Waals surface area contributed by atoms with E-state index in [9.17, 15) is 0 Å². The van der Waals surface area contributed by atoms with Gasteiger partial charge in [-0.05, 0) is 37.6 Å². The van der Waals surface area contributed by atoms with E-state index in [-0.39, 0.29) is 0 Å². The van der Waals surface area contributed by atoms with Crippen molar-refractivity contribution in [1.82, 2.24) is 15.5 Å². The third-order valence-electron chi connectivity index (χ3n) is 3.22. The Labute approximate surface area is 129 Å². The molecule has 0 spiro atoms. The van der Waals surface area contributed by atoms with Gasteiger partial charge in [-0.15, -0.1) is 0 Å². The van der Waals surface area contributed by atoms with Crippen molar-refractivity contribution in [3.8, 4) is 0 Å². The zero-order valence-electron chi connectivity index (χ0n) is 14.1. The predicted molar refractivity (Wildman–Crippen MR) is 91.5 cm³/mol. The van der Waals surface area contributed by atoms with Crippen molar-refractivity contribution >= 4 is 5.96 Å². The minimum absolute atomic E-state index is 0.708. The van der Waals surface area contributed by atoms with Crippen molar-refractivity contribution < 1.29 is 0 Å². The number of hydrogen-bond acceptors (Lipinski definition) is 2. The number of benzene rings is 1. The standard InChI is InChI=1S/C17H30N4/c1-14(2)10-11-19-17(18-3)20-12-15-6-8-16(9-7-15)13-21(4)5/h6-9,14H,10-13H2,1-5H3,(H2,18,19,20). The molecule has 21 heavy (non-hydrogen) atoms. The number of aliphatic imine (C=N–C) groups is 1. The van der Waals surface area contributed by atoms with Gasteiger partial charge < -0.3 is 15.5 Å². The van der Waals surface area contributed by atoms with Crippen LogP contribution in [0.4, 0.5) is 0 Å². The van der Waals surface area contributed by atoms with Gasteiger partial charge in [0, 0.05) is 26.7 Å². The van der Waals surface area contributed by atoms with Crippen LogP contribution in [-0.2, 0) is 13.1 Å². The van der Waals surface area contributed by atoms with Crippen LogP contribution in [0.15, 0.2) is 29.3 Å². The first-order chi connectivity index (χ1) is 10.0. The first-order valence-corrected chi connectivity index (χ1v) is 7.68. The Morgan fingerprint density at radius 2 is 1.71 bits per heavy atom. The fourth-order valence-corrected chi connectivity index (χ4v) is 2.01. The summed E-state index contributed by atoms with van der Waals surface area (Å²) in [5.41, 5.74) is 2.60. The van der Waals surface area contributed by atoms with E-state index in [4.69, 9.17) is 0 Å². The first-order valence-electron chi connectivity index (χ1n) is 7.68. The van der Waals surface area contributed by atoms with Crippen molar-refractivity contribution in [3.63, 3.8) is 0 Å². The van der Waals surface area contributed by atoms with Crippen LogP contribution in [-0.4, -0.2) is 38.5 Å². The largest absolute Gasteiger partial charge is 0.356 e. The van der Waals surface area contributed by atoms with E-state index in [2.05, 4.69) is 72.7 Å². The van der Waals surface area contributed by atoms with Crippen LogP contribution in [0.2, 0.25) is 0 Å². The van der Waals surface area contributed by atoms with Gasteiger partial charge in [0.2, 0.25) is 0 Å². The van der Waals surface area contributed by atoms with Crippen molar-refractivity contribution in [1.29, 1.82) is 0 Å². The molecule has 0 aromatic heterocycles. The molecule has 4 heteroatoms. The number of nitrogens with zero attached hydrogens (tertiary/aromatic N) is 2. The fourth-order valence-electron chi connectivity index (χ4n) is 2.01. The molecule has 0 saturated carbocycles. The zero-order chi connectivity index (χ0) is 15.7. The molecular weight excluding hydrogens is 260 g/mol. The summed E-state index contributed by atoms with van der Waals surface area (Å²) in [6, 6.07) is 8.72. The van der Waals surface area contributed by atoms with Crippen LogP contribution in [0.25, 0.3) is 0 Å². The highest BCUT2D eigenvalue weighted by atomic mass is 15.2. The van der Waals surface area contributed by atoms with Crippen molar-refractivity contribution in [2.45, 2.75) is 33.4 Å². The third kappa shape index (κ3) is 7.71. The molecule has 0 unspecified atom stereocenters. The van der Waals surface area contributed by atoms with E-state index in [1.165, 1.54) is 11.1 Å². The molecule has 118 valence electrons. The van der Waals surface area contributed by atoms with Crippen molar-refractivity contribution in [2.24, 2.45) is 10.9 Å². The smallest absolute Gasteiger partial charge is 0.191 e. The number of rotatable bonds is 7. The number of hydrogen-bond donors (Lipinski definition) is 2. The molecular formula is C17H30N4. The summed E-state index contributed by atoms with van der Waals surface area (Å²) in [6.07, 6.45) is 1.15. The van der Waals surface area contributed by atoms with Gasteiger partial charge in [0.1, 0.15) is 0 Å². The van der Waals surface area contributed by atoms with Gasteiger partial charge in [-0.25, -0.2) is 0 Å². The summed E-state index contributed by atoms with van der Waals surface area (Å²) in [7, 11) is 5.98. The van der Waals surface area contributed by atoms with E-state index in [0.717, 1.165) is 32.0 Å². The molecule has 0 fully saturated rings. The summed E-state index contributed by atoms with van der Waals surface area (Å²) in [4.78, 5) is 6.42. The highest BCUT2D eigenvalue weighted by molar-refractivity contribution is 5.79. The molecule has 2 N–H and O–H groups in total. The lowest BCUT2D eigenvalue weighted by atomic mass is 10.1. The van der Waals surface area contributed by atoms with Gasteiger partial charge in [0.05, 0.1) is 0 Å². The van der Waals surface area contributed by atoms with Gasteiger partial charge in [-0.3, -0.25) is 4.99 Å². The normalized spacial score (nSPS) is 12.0. The van der Waals surface area contributed by atoms with Crippen molar-refractivity contribution in [2.75, 3.05) is 27.7 Å². The molecule has 0 bridgehead atoms. The average Bonchev–Trinajstić information content (AvgIpc) is 2.43. The van der Waals surface area contributed by atoms with Crippen LogP contribution < -0.4 is 10.6 Å². The van der Waals surface area contributed by atoms with Crippen LogP contribution in [0.5, 0.6) is 0 Å². The Hall–Kier alpha value is -1.55. The average molecular weight is 290 g/mol. The predicted octanol–water partition coefficient (Wildman–Crippen LogP) is 2.46. The summed E-state index contributed by atoms with van der Waals surface area (Å²) in [6.45, 7) is 7.19. The SMILES string of the molecule is CN=C(NCCC(C)C)NCc1ccc(CN(C)C)cc1. The Balaban J connectivity index is 2.39. The highest BCUT2D eigenvalue weighted by Crippen LogP contribution is 2.06. The lowest BCUT2D eigenvalue weighted by Crippen LogP contribution is -2.37. The van der Waals surface area contributed by atoms with Crippen molar-refractivity contribution in [3.05, 3.63) is 35.4 Å². The van der Waals surface area contributed by atoms with Gasteiger partial charge in [0.25, 0.3) is 0 Å². The number of guanidine groups is 1. The summed E-state index contributed by atoms with van der Waals surface area (Å²) in [5, 5.41) is 6.69. The lowest BCUT2D eigenvalue weighted by molar-refractivity contribution is 0.402. The van der Waals surface area contributed by atoms with E-state index in [1.54, 1.807) is 0 Å². The second-order valence-corrected chi connectivity index (χ2v) is 6.09. The minimum Gasteiger partial charge on any atom is -0.356 e. The van der Waals surface area contributed by atoms with Gasteiger partial charge in [-0.2, -0.15) is 0 Å². The van der Waals surface area contributed by atoms with Gasteiger partial charge in [-0.1, -0.05) is 38.1 Å². The van der Waals surface area contributed by atoms with E-state index in [0.29, 0.717) is 5.92 Å². The Bertz CT molecular complexity index is 421. The lowest BCUT2D eigenvalue weighted by Gasteiger charge is -2.13. The molecule has 0 amide bonds. The van der Waals surface area contributed by atoms with Crippen LogP contribution >= 0.6 is 0 Å². The first kappa shape index (κ1) is 17.5. The summed E-state index contributed by atoms with van der Waals surface area (Å²) in [5.74, 6) is 1.58. The maximum Gasteiger partial charge on any atom is 0.191 e. The molecule has 0 atom stereocenters. The Kier molecular flexibility index (Phi) is 7.83. The van der Waals surface area contributed by atoms with Crippen LogP contribution in [0.3, 0.4) is 0 Å². The Morgan fingerprint density at radius 3 is 2.24 bits per heavy atom. The van der Waals surface area contributed by atoms with Crippen LogP contribution in [0.1, 0.15) is 31.4 Å². The zero-order valence-corrected chi connectivity index (χ0v) is 14.1. The second-order valence-electron chi connectivity index (χ2n) is 6.09. The monoisotopic (exact) mass is 290 g/mol. The Morgan fingerprint density at radius 1 is 1.10 bits per heavy atom. The topological polar surface area (TPSA) is 39.7 Å². The maximum absolute atomic E-state index is 4.24. The third-order valence-corrected chi connectivity index (χ3v) is 3.22. The second kappa shape index (κ2) is 9.40. The van der Waals surface area contributed by atoms with Crippen LogP contribution in [0, 0.1) is 5.92 Å². The molecule has 0 saturated heterocycles. The summed E-state index contributed by atoms with van der Waals surface area (Å²) < 4.78 is 0. The minimum atomic E-state index is 0.708. The molecule has 0 aliphatic carbocycles. The van der Waals surface area contributed by atoms with E-state index in [1.807, 2.05) is 7.05 Å². The molecule has 0 aliphatic heterocycles. The van der Waals surface area contributed by atoms with E-state index >= 15 is 0 Å². The molecule has 0 heterocycles. The maximum atomic E-state index is 4.24. The quantitative estimate of drug-likeness (QED) is 0.598.